The summed E-state index contributed by atoms with van der Waals surface area (Å²) in [6.07, 6.45) is 7.04. The van der Waals surface area contributed by atoms with E-state index in [1.165, 1.54) is 12.8 Å². The Bertz CT molecular complexity index is 287. The van der Waals surface area contributed by atoms with E-state index in [0.717, 1.165) is 32.4 Å². The third kappa shape index (κ3) is 2.69. The van der Waals surface area contributed by atoms with Crippen molar-refractivity contribution in [1.82, 2.24) is 4.90 Å². The SMILES string of the molecule is CCC1CC(C(=O)O)(N2CCCCCC2)CCO1. The summed E-state index contributed by atoms with van der Waals surface area (Å²) in [5.41, 5.74) is -0.663. The number of aliphatic carboxylic acids is 1. The zero-order valence-corrected chi connectivity index (χ0v) is 11.4. The molecule has 0 spiro atoms. The number of carboxylic acid groups (broad SMARTS) is 1. The number of carboxylic acids is 1. The summed E-state index contributed by atoms with van der Waals surface area (Å²) in [6, 6.07) is 0. The zero-order chi connectivity index (χ0) is 13.0. The zero-order valence-electron chi connectivity index (χ0n) is 11.4. The Hall–Kier alpha value is -0.610. The van der Waals surface area contributed by atoms with Gasteiger partial charge in [0.05, 0.1) is 6.10 Å². The van der Waals surface area contributed by atoms with Crippen molar-refractivity contribution in [1.29, 1.82) is 0 Å². The lowest BCUT2D eigenvalue weighted by molar-refractivity contribution is -0.163. The standard InChI is InChI=1S/C14H25NO3/c1-2-12-11-14(13(16)17,7-10-18-12)15-8-5-3-4-6-9-15/h12H,2-11H2,1H3,(H,16,17). The first kappa shape index (κ1) is 13.8. The largest absolute Gasteiger partial charge is 0.480 e. The quantitative estimate of drug-likeness (QED) is 0.840. The third-order valence-electron chi connectivity index (χ3n) is 4.50. The van der Waals surface area contributed by atoms with Gasteiger partial charge in [0.15, 0.2) is 0 Å². The van der Waals surface area contributed by atoms with Crippen molar-refractivity contribution in [3.8, 4) is 0 Å². The minimum atomic E-state index is -0.663. The molecule has 4 nitrogen and oxygen atoms in total. The highest BCUT2D eigenvalue weighted by Crippen LogP contribution is 2.34. The molecule has 1 N–H and O–H groups in total. The predicted molar refractivity (Wildman–Crippen MR) is 69.7 cm³/mol. The summed E-state index contributed by atoms with van der Waals surface area (Å²) in [5.74, 6) is -0.647. The first-order valence-corrected chi connectivity index (χ1v) is 7.29. The molecule has 0 aromatic rings. The van der Waals surface area contributed by atoms with E-state index >= 15 is 0 Å². The average molecular weight is 255 g/mol. The molecule has 2 saturated heterocycles. The van der Waals surface area contributed by atoms with Gasteiger partial charge in [-0.1, -0.05) is 19.8 Å². The second-order valence-electron chi connectivity index (χ2n) is 5.59. The molecule has 4 heteroatoms. The Kier molecular flexibility index (Phi) is 4.62. The first-order valence-electron chi connectivity index (χ1n) is 7.29. The van der Waals surface area contributed by atoms with Crippen LogP contribution in [-0.2, 0) is 9.53 Å². The lowest BCUT2D eigenvalue weighted by Crippen LogP contribution is -2.59. The summed E-state index contributed by atoms with van der Waals surface area (Å²) in [6.45, 7) is 4.53. The van der Waals surface area contributed by atoms with Crippen LogP contribution in [-0.4, -0.2) is 47.3 Å². The number of hydrogen-bond donors (Lipinski definition) is 1. The second kappa shape index (κ2) is 6.02. The minimum absolute atomic E-state index is 0.109. The Balaban J connectivity index is 2.16. The van der Waals surface area contributed by atoms with E-state index in [9.17, 15) is 9.90 Å². The maximum atomic E-state index is 11.9. The lowest BCUT2D eigenvalue weighted by atomic mass is 9.83. The number of nitrogens with zero attached hydrogens (tertiary/aromatic N) is 1. The molecule has 2 unspecified atom stereocenters. The maximum Gasteiger partial charge on any atom is 0.324 e. The Morgan fingerprint density at radius 3 is 2.56 bits per heavy atom. The van der Waals surface area contributed by atoms with Crippen molar-refractivity contribution in [3.63, 3.8) is 0 Å². The van der Waals surface area contributed by atoms with Crippen molar-refractivity contribution in [2.45, 2.75) is 63.5 Å². The van der Waals surface area contributed by atoms with Gasteiger partial charge in [0, 0.05) is 13.0 Å². The number of ether oxygens (including phenoxy) is 1. The highest BCUT2D eigenvalue weighted by molar-refractivity contribution is 5.79. The number of hydrogen-bond acceptors (Lipinski definition) is 3. The van der Waals surface area contributed by atoms with Crippen molar-refractivity contribution in [3.05, 3.63) is 0 Å². The highest BCUT2D eigenvalue weighted by atomic mass is 16.5. The van der Waals surface area contributed by atoms with E-state index in [2.05, 4.69) is 11.8 Å². The molecule has 0 saturated carbocycles. The third-order valence-corrected chi connectivity index (χ3v) is 4.50. The normalized spacial score (nSPS) is 35.1. The molecule has 104 valence electrons. The highest BCUT2D eigenvalue weighted by Gasteiger charge is 2.47. The summed E-state index contributed by atoms with van der Waals surface area (Å²) in [7, 11) is 0. The molecule has 0 aliphatic carbocycles. The topological polar surface area (TPSA) is 49.8 Å². The summed E-state index contributed by atoms with van der Waals surface area (Å²) in [4.78, 5) is 14.1. The molecule has 2 atom stereocenters. The minimum Gasteiger partial charge on any atom is -0.480 e. The van der Waals surface area contributed by atoms with Gasteiger partial charge in [0.1, 0.15) is 5.54 Å². The van der Waals surface area contributed by atoms with E-state index in [-0.39, 0.29) is 6.10 Å². The van der Waals surface area contributed by atoms with Crippen LogP contribution in [0.2, 0.25) is 0 Å². The fraction of sp³-hybridized carbons (Fsp3) is 0.929. The van der Waals surface area contributed by atoms with Gasteiger partial charge in [-0.15, -0.1) is 0 Å². The van der Waals surface area contributed by atoms with E-state index < -0.39 is 11.5 Å². The number of likely N-dealkylation sites (tertiary alicyclic amines) is 1. The van der Waals surface area contributed by atoms with Crippen molar-refractivity contribution in [2.24, 2.45) is 0 Å². The fourth-order valence-electron chi connectivity index (χ4n) is 3.31. The van der Waals surface area contributed by atoms with Crippen LogP contribution in [0.15, 0.2) is 0 Å². The molecule has 0 aromatic heterocycles. The fourth-order valence-corrected chi connectivity index (χ4v) is 3.31. The molecule has 2 aliphatic rings. The Morgan fingerprint density at radius 2 is 2.00 bits per heavy atom. The molecule has 2 aliphatic heterocycles. The maximum absolute atomic E-state index is 11.9. The van der Waals surface area contributed by atoms with Crippen LogP contribution in [0.3, 0.4) is 0 Å². The van der Waals surface area contributed by atoms with E-state index in [4.69, 9.17) is 4.74 Å². The molecule has 2 heterocycles. The molecule has 0 aromatic carbocycles. The van der Waals surface area contributed by atoms with Crippen LogP contribution in [0.4, 0.5) is 0 Å². The van der Waals surface area contributed by atoms with E-state index in [1.807, 2.05) is 0 Å². The van der Waals surface area contributed by atoms with Crippen LogP contribution in [0.5, 0.6) is 0 Å². The first-order chi connectivity index (χ1) is 8.69. The van der Waals surface area contributed by atoms with Gasteiger partial charge >= 0.3 is 5.97 Å². The van der Waals surface area contributed by atoms with Gasteiger partial charge in [-0.2, -0.15) is 0 Å². The van der Waals surface area contributed by atoms with Crippen LogP contribution in [0.1, 0.15) is 51.9 Å². The second-order valence-corrected chi connectivity index (χ2v) is 5.59. The summed E-state index contributed by atoms with van der Waals surface area (Å²) >= 11 is 0. The number of rotatable bonds is 3. The summed E-state index contributed by atoms with van der Waals surface area (Å²) in [5, 5.41) is 9.75. The monoisotopic (exact) mass is 255 g/mol. The van der Waals surface area contributed by atoms with Gasteiger partial charge in [-0.3, -0.25) is 9.69 Å². The van der Waals surface area contributed by atoms with Gasteiger partial charge in [-0.05, 0) is 38.8 Å². The molecule has 0 radical (unpaired) electrons. The number of carbonyl (C=O) groups is 1. The lowest BCUT2D eigenvalue weighted by Gasteiger charge is -2.45. The average Bonchev–Trinajstić information content (AvgIpc) is 2.67. The molecule has 0 bridgehead atoms. The Morgan fingerprint density at radius 1 is 1.33 bits per heavy atom. The van der Waals surface area contributed by atoms with Crippen LogP contribution in [0.25, 0.3) is 0 Å². The van der Waals surface area contributed by atoms with Crippen LogP contribution in [0, 0.1) is 0 Å². The Labute approximate surface area is 109 Å². The van der Waals surface area contributed by atoms with Gasteiger partial charge < -0.3 is 9.84 Å². The predicted octanol–water partition coefficient (Wildman–Crippen LogP) is 2.27. The molecular formula is C14H25NO3. The van der Waals surface area contributed by atoms with Crippen LogP contribution < -0.4 is 0 Å². The van der Waals surface area contributed by atoms with Gasteiger partial charge in [0.2, 0.25) is 0 Å². The van der Waals surface area contributed by atoms with Crippen LogP contribution >= 0.6 is 0 Å². The van der Waals surface area contributed by atoms with Crippen molar-refractivity contribution < 1.29 is 14.6 Å². The molecule has 2 rings (SSSR count). The van der Waals surface area contributed by atoms with Crippen molar-refractivity contribution >= 4 is 5.97 Å². The smallest absolute Gasteiger partial charge is 0.324 e. The van der Waals surface area contributed by atoms with Gasteiger partial charge in [0.25, 0.3) is 0 Å². The molecule has 0 amide bonds. The molecule has 18 heavy (non-hydrogen) atoms. The van der Waals surface area contributed by atoms with E-state index in [0.29, 0.717) is 19.4 Å². The van der Waals surface area contributed by atoms with Crippen molar-refractivity contribution in [2.75, 3.05) is 19.7 Å². The molecule has 2 fully saturated rings. The molecular weight excluding hydrogens is 230 g/mol. The summed E-state index contributed by atoms with van der Waals surface area (Å²) < 4.78 is 5.66. The van der Waals surface area contributed by atoms with E-state index in [1.54, 1.807) is 0 Å². The van der Waals surface area contributed by atoms with Gasteiger partial charge in [-0.25, -0.2) is 0 Å².